The number of anilines is 3. The number of carbonyl (C=O) groups excluding carboxylic acids is 3. The van der Waals surface area contributed by atoms with E-state index < -0.39 is 23.5 Å². The van der Waals surface area contributed by atoms with Crippen LogP contribution in [0.1, 0.15) is 64.6 Å². The molecule has 4 rings (SSSR count). The van der Waals surface area contributed by atoms with E-state index in [1.807, 2.05) is 25.3 Å². The van der Waals surface area contributed by atoms with Gasteiger partial charge < -0.3 is 24.8 Å². The second kappa shape index (κ2) is 12.8. The summed E-state index contributed by atoms with van der Waals surface area (Å²) in [6.07, 6.45) is 4.95. The molecule has 41 heavy (non-hydrogen) atoms. The number of aromatic nitrogens is 2. The molecule has 2 aromatic rings. The van der Waals surface area contributed by atoms with Crippen LogP contribution in [-0.4, -0.2) is 83.0 Å². The average molecular weight is 566 g/mol. The van der Waals surface area contributed by atoms with Crippen LogP contribution in [0.4, 0.5) is 22.1 Å². The lowest BCUT2D eigenvalue weighted by Gasteiger charge is -2.38. The lowest BCUT2D eigenvalue weighted by molar-refractivity contribution is -0.146. The smallest absolute Gasteiger partial charge is 0.413 e. The number of rotatable bonds is 5. The molecule has 1 unspecified atom stereocenters. The predicted octanol–water partition coefficient (Wildman–Crippen LogP) is 4.08. The zero-order valence-corrected chi connectivity index (χ0v) is 25.1. The standard InChI is InChI=1S/C30H43N7O4/c1-7-21-16-23(18-32-26(21)34-29(40)41-30(3,4)5)33-27(38)28(39)37-19-20(2)8-10-24(37)22-9-11-25(31-17-22)36-14-12-35(6)13-15-36/h9,11,16-18,20,24H,7-8,10,12-15,19H2,1-6H3,(H,33,38)(H,32,34,40)/t20-,24?/m0/s1. The van der Waals surface area contributed by atoms with E-state index in [4.69, 9.17) is 9.72 Å². The first-order chi connectivity index (χ1) is 19.4. The van der Waals surface area contributed by atoms with Gasteiger partial charge in [-0.1, -0.05) is 19.9 Å². The highest BCUT2D eigenvalue weighted by atomic mass is 16.6. The summed E-state index contributed by atoms with van der Waals surface area (Å²) in [5.41, 5.74) is 1.38. The van der Waals surface area contributed by atoms with Crippen molar-refractivity contribution in [2.45, 2.75) is 65.5 Å². The summed E-state index contributed by atoms with van der Waals surface area (Å²) in [5.74, 6) is 0.266. The molecule has 4 heterocycles. The Morgan fingerprint density at radius 1 is 1.02 bits per heavy atom. The van der Waals surface area contributed by atoms with Gasteiger partial charge in [-0.25, -0.2) is 14.8 Å². The Labute approximate surface area is 242 Å². The first-order valence-electron chi connectivity index (χ1n) is 14.4. The number of likely N-dealkylation sites (N-methyl/N-ethyl adjacent to an activating group) is 1. The van der Waals surface area contributed by atoms with Crippen LogP contribution in [0.3, 0.4) is 0 Å². The number of nitrogens with zero attached hydrogens (tertiary/aromatic N) is 5. The number of piperidine rings is 1. The summed E-state index contributed by atoms with van der Waals surface area (Å²) >= 11 is 0. The van der Waals surface area contributed by atoms with Crippen LogP contribution in [0.5, 0.6) is 0 Å². The number of aryl methyl sites for hydroxylation is 1. The van der Waals surface area contributed by atoms with Gasteiger partial charge in [-0.15, -0.1) is 0 Å². The number of piperazine rings is 1. The Bertz CT molecular complexity index is 1240. The van der Waals surface area contributed by atoms with E-state index in [9.17, 15) is 14.4 Å². The molecule has 2 aromatic heterocycles. The first kappa shape index (κ1) is 30.2. The highest BCUT2D eigenvalue weighted by Gasteiger charge is 2.34. The van der Waals surface area contributed by atoms with Crippen LogP contribution >= 0.6 is 0 Å². The molecule has 2 N–H and O–H groups in total. The lowest BCUT2D eigenvalue weighted by Crippen LogP contribution is -2.46. The van der Waals surface area contributed by atoms with E-state index >= 15 is 0 Å². The molecule has 2 saturated heterocycles. The number of carbonyl (C=O) groups is 3. The normalized spacial score (nSPS) is 20.0. The maximum atomic E-state index is 13.5. The van der Waals surface area contributed by atoms with Crippen molar-refractivity contribution in [1.82, 2.24) is 19.8 Å². The minimum atomic E-state index is -0.720. The van der Waals surface area contributed by atoms with E-state index in [1.54, 1.807) is 31.7 Å². The van der Waals surface area contributed by atoms with Crippen LogP contribution in [0.15, 0.2) is 30.6 Å². The van der Waals surface area contributed by atoms with Crippen molar-refractivity contribution in [2.75, 3.05) is 55.3 Å². The zero-order valence-electron chi connectivity index (χ0n) is 25.1. The highest BCUT2D eigenvalue weighted by Crippen LogP contribution is 2.34. The van der Waals surface area contributed by atoms with Crippen molar-refractivity contribution < 1.29 is 19.1 Å². The average Bonchev–Trinajstić information content (AvgIpc) is 2.93. The van der Waals surface area contributed by atoms with Crippen molar-refractivity contribution in [2.24, 2.45) is 5.92 Å². The third-order valence-electron chi connectivity index (χ3n) is 7.48. The van der Waals surface area contributed by atoms with Gasteiger partial charge in [0.05, 0.1) is 17.9 Å². The Kier molecular flexibility index (Phi) is 9.47. The predicted molar refractivity (Wildman–Crippen MR) is 159 cm³/mol. The Morgan fingerprint density at radius 3 is 2.39 bits per heavy atom. The molecule has 0 aromatic carbocycles. The summed E-state index contributed by atoms with van der Waals surface area (Å²) in [4.78, 5) is 54.1. The van der Waals surface area contributed by atoms with Crippen LogP contribution < -0.4 is 15.5 Å². The maximum absolute atomic E-state index is 13.5. The monoisotopic (exact) mass is 565 g/mol. The molecular formula is C30H43N7O4. The van der Waals surface area contributed by atoms with Gasteiger partial charge in [0.15, 0.2) is 0 Å². The molecule has 0 radical (unpaired) electrons. The van der Waals surface area contributed by atoms with Gasteiger partial charge in [0.2, 0.25) is 0 Å². The highest BCUT2D eigenvalue weighted by molar-refractivity contribution is 6.39. The van der Waals surface area contributed by atoms with Crippen molar-refractivity contribution in [3.63, 3.8) is 0 Å². The number of likely N-dealkylation sites (tertiary alicyclic amines) is 1. The van der Waals surface area contributed by atoms with Gasteiger partial charge in [0, 0.05) is 38.9 Å². The summed E-state index contributed by atoms with van der Waals surface area (Å²) < 4.78 is 5.31. The Hall–Kier alpha value is -3.73. The van der Waals surface area contributed by atoms with Crippen LogP contribution in [0.25, 0.3) is 0 Å². The third kappa shape index (κ3) is 7.93. The largest absolute Gasteiger partial charge is 0.444 e. The quantitative estimate of drug-likeness (QED) is 0.521. The van der Waals surface area contributed by atoms with Crippen molar-refractivity contribution in [3.05, 3.63) is 41.7 Å². The fourth-order valence-electron chi connectivity index (χ4n) is 5.22. The summed E-state index contributed by atoms with van der Waals surface area (Å²) in [5, 5.41) is 5.37. The van der Waals surface area contributed by atoms with E-state index in [0.717, 1.165) is 50.4 Å². The number of pyridine rings is 2. The molecule has 2 aliphatic heterocycles. The topological polar surface area (TPSA) is 120 Å². The van der Waals surface area contributed by atoms with Crippen molar-refractivity contribution >= 4 is 35.2 Å². The van der Waals surface area contributed by atoms with Gasteiger partial charge in [-0.2, -0.15) is 0 Å². The molecule has 0 aliphatic carbocycles. The molecule has 0 bridgehead atoms. The number of amides is 3. The Morgan fingerprint density at radius 2 is 1.76 bits per heavy atom. The minimum Gasteiger partial charge on any atom is -0.444 e. The molecule has 2 atom stereocenters. The van der Waals surface area contributed by atoms with Crippen molar-refractivity contribution in [1.29, 1.82) is 0 Å². The first-order valence-corrected chi connectivity index (χ1v) is 14.4. The molecule has 222 valence electrons. The molecule has 2 fully saturated rings. The number of ether oxygens (including phenoxy) is 1. The van der Waals surface area contributed by atoms with E-state index in [-0.39, 0.29) is 12.0 Å². The molecule has 11 heteroatoms. The van der Waals surface area contributed by atoms with Crippen LogP contribution in [0, 0.1) is 5.92 Å². The zero-order chi connectivity index (χ0) is 29.7. The van der Waals surface area contributed by atoms with Crippen LogP contribution in [0.2, 0.25) is 0 Å². The van der Waals surface area contributed by atoms with E-state index in [2.05, 4.69) is 39.4 Å². The van der Waals surface area contributed by atoms with Gasteiger partial charge in [-0.3, -0.25) is 14.9 Å². The van der Waals surface area contributed by atoms with E-state index in [0.29, 0.717) is 30.0 Å². The van der Waals surface area contributed by atoms with Crippen molar-refractivity contribution in [3.8, 4) is 0 Å². The van der Waals surface area contributed by atoms with Gasteiger partial charge in [-0.05, 0) is 76.3 Å². The Balaban J connectivity index is 1.44. The molecule has 3 amide bonds. The lowest BCUT2D eigenvalue weighted by atomic mass is 9.90. The third-order valence-corrected chi connectivity index (χ3v) is 7.48. The van der Waals surface area contributed by atoms with Gasteiger partial charge in [0.1, 0.15) is 17.2 Å². The molecular weight excluding hydrogens is 522 g/mol. The maximum Gasteiger partial charge on any atom is 0.413 e. The SMILES string of the molecule is CCc1cc(NC(=O)C(=O)N2C[C@@H](C)CCC2c2ccc(N3CCN(C)CC3)nc2)cnc1NC(=O)OC(C)(C)C. The van der Waals surface area contributed by atoms with Gasteiger partial charge >= 0.3 is 17.9 Å². The van der Waals surface area contributed by atoms with Crippen LogP contribution in [-0.2, 0) is 20.7 Å². The fraction of sp³-hybridized carbons (Fsp3) is 0.567. The number of hydrogen-bond donors (Lipinski definition) is 2. The minimum absolute atomic E-state index is 0.219. The van der Waals surface area contributed by atoms with E-state index in [1.165, 1.54) is 6.20 Å². The summed E-state index contributed by atoms with van der Waals surface area (Å²) in [6.45, 7) is 13.7. The summed E-state index contributed by atoms with van der Waals surface area (Å²) in [6, 6.07) is 5.55. The number of nitrogens with one attached hydrogen (secondary N) is 2. The molecule has 11 nitrogen and oxygen atoms in total. The second-order valence-corrected chi connectivity index (χ2v) is 12.1. The summed E-state index contributed by atoms with van der Waals surface area (Å²) in [7, 11) is 2.12. The number of hydrogen-bond acceptors (Lipinski definition) is 8. The molecule has 0 spiro atoms. The molecule has 2 aliphatic rings. The molecule has 0 saturated carbocycles. The fourth-order valence-corrected chi connectivity index (χ4v) is 5.22. The van der Waals surface area contributed by atoms with Gasteiger partial charge in [0.25, 0.3) is 0 Å². The second-order valence-electron chi connectivity index (χ2n) is 12.1.